The summed E-state index contributed by atoms with van der Waals surface area (Å²) in [5, 5.41) is 9.91. The van der Waals surface area contributed by atoms with E-state index in [2.05, 4.69) is 21.3 Å². The highest BCUT2D eigenvalue weighted by Crippen LogP contribution is 1.84. The van der Waals surface area contributed by atoms with Gasteiger partial charge in [-0.25, -0.2) is 4.79 Å². The fraction of sp³-hybridized carbons (Fsp3) is 0.700. The maximum Gasteiger partial charge on any atom is 0.321 e. The molecule has 0 bridgehead atoms. The van der Waals surface area contributed by atoms with E-state index in [-0.39, 0.29) is 5.91 Å². The van der Waals surface area contributed by atoms with Crippen LogP contribution in [0.3, 0.4) is 0 Å². The first-order chi connectivity index (χ1) is 8.01. The topological polar surface area (TPSA) is 99.3 Å². The Morgan fingerprint density at radius 2 is 1.88 bits per heavy atom. The molecule has 17 heavy (non-hydrogen) atoms. The zero-order valence-electron chi connectivity index (χ0n) is 10.4. The molecule has 98 valence electrons. The number of hydrogen-bond acceptors (Lipinski definition) is 4. The number of amides is 4. The van der Waals surface area contributed by atoms with Crippen LogP contribution >= 0.6 is 0 Å². The Bertz CT molecular complexity index is 281. The van der Waals surface area contributed by atoms with Crippen molar-refractivity contribution in [2.75, 3.05) is 20.1 Å². The number of imide groups is 1. The number of carbonyl (C=O) groups is 3. The molecule has 0 spiro atoms. The van der Waals surface area contributed by atoms with Crippen molar-refractivity contribution in [2.45, 2.75) is 26.3 Å². The van der Waals surface area contributed by atoms with Gasteiger partial charge in [-0.3, -0.25) is 14.9 Å². The normalized spacial score (nSPS) is 11.5. The number of nitrogens with one attached hydrogen (secondary N) is 4. The lowest BCUT2D eigenvalue weighted by atomic mass is 10.3. The van der Waals surface area contributed by atoms with Gasteiger partial charge >= 0.3 is 6.03 Å². The standard InChI is InChI=1S/C10H20N4O3/c1-4-12-8(15)5-6-13-7(2)9(16)14-10(17)11-3/h7,13H,4-6H2,1-3H3,(H,12,15)(H2,11,14,16,17). The summed E-state index contributed by atoms with van der Waals surface area (Å²) in [4.78, 5) is 33.3. The Kier molecular flexibility index (Phi) is 7.70. The van der Waals surface area contributed by atoms with Crippen LogP contribution in [0.1, 0.15) is 20.3 Å². The van der Waals surface area contributed by atoms with Crippen LogP contribution in [-0.4, -0.2) is 44.0 Å². The van der Waals surface area contributed by atoms with Crippen molar-refractivity contribution in [1.29, 1.82) is 0 Å². The van der Waals surface area contributed by atoms with E-state index in [1.807, 2.05) is 6.92 Å². The molecule has 7 heteroatoms. The minimum atomic E-state index is -0.549. The summed E-state index contributed by atoms with van der Waals surface area (Å²) < 4.78 is 0. The summed E-state index contributed by atoms with van der Waals surface area (Å²) in [5.41, 5.74) is 0. The number of carbonyl (C=O) groups excluding carboxylic acids is 3. The molecule has 0 radical (unpaired) electrons. The highest BCUT2D eigenvalue weighted by atomic mass is 16.2. The Morgan fingerprint density at radius 1 is 1.24 bits per heavy atom. The SMILES string of the molecule is CCNC(=O)CCNC(C)C(=O)NC(=O)NC. The minimum Gasteiger partial charge on any atom is -0.356 e. The second kappa shape index (κ2) is 8.51. The Morgan fingerprint density at radius 3 is 2.41 bits per heavy atom. The molecule has 0 aliphatic rings. The van der Waals surface area contributed by atoms with Crippen molar-refractivity contribution in [2.24, 2.45) is 0 Å². The van der Waals surface area contributed by atoms with Crippen LogP contribution in [0.25, 0.3) is 0 Å². The number of rotatable bonds is 6. The maximum atomic E-state index is 11.4. The van der Waals surface area contributed by atoms with Gasteiger partial charge < -0.3 is 16.0 Å². The van der Waals surface area contributed by atoms with Gasteiger partial charge in [-0.1, -0.05) is 0 Å². The molecule has 7 nitrogen and oxygen atoms in total. The number of urea groups is 1. The first kappa shape index (κ1) is 15.4. The third kappa shape index (κ3) is 7.29. The molecule has 0 aliphatic heterocycles. The van der Waals surface area contributed by atoms with Crippen LogP contribution in [0.5, 0.6) is 0 Å². The number of hydrogen-bond donors (Lipinski definition) is 4. The van der Waals surface area contributed by atoms with Crippen molar-refractivity contribution in [1.82, 2.24) is 21.3 Å². The quantitative estimate of drug-likeness (QED) is 0.479. The molecule has 0 aromatic rings. The highest BCUT2D eigenvalue weighted by Gasteiger charge is 2.14. The molecule has 0 aliphatic carbocycles. The lowest BCUT2D eigenvalue weighted by Crippen LogP contribution is -2.47. The summed E-state index contributed by atoms with van der Waals surface area (Å²) in [7, 11) is 1.43. The largest absolute Gasteiger partial charge is 0.356 e. The predicted molar refractivity (Wildman–Crippen MR) is 63.4 cm³/mol. The fourth-order valence-electron chi connectivity index (χ4n) is 1.06. The smallest absolute Gasteiger partial charge is 0.321 e. The fourth-order valence-corrected chi connectivity index (χ4v) is 1.06. The first-order valence-electron chi connectivity index (χ1n) is 5.53. The summed E-state index contributed by atoms with van der Waals surface area (Å²) >= 11 is 0. The monoisotopic (exact) mass is 244 g/mol. The van der Waals surface area contributed by atoms with E-state index in [1.54, 1.807) is 6.92 Å². The average molecular weight is 244 g/mol. The van der Waals surface area contributed by atoms with Gasteiger partial charge in [-0.05, 0) is 13.8 Å². The van der Waals surface area contributed by atoms with E-state index in [9.17, 15) is 14.4 Å². The van der Waals surface area contributed by atoms with E-state index in [0.29, 0.717) is 19.5 Å². The van der Waals surface area contributed by atoms with Crippen molar-refractivity contribution in [3.63, 3.8) is 0 Å². The zero-order valence-corrected chi connectivity index (χ0v) is 10.4. The van der Waals surface area contributed by atoms with Crippen LogP contribution in [0.15, 0.2) is 0 Å². The average Bonchev–Trinajstić information content (AvgIpc) is 2.28. The van der Waals surface area contributed by atoms with Crippen LogP contribution in [0, 0.1) is 0 Å². The van der Waals surface area contributed by atoms with E-state index in [1.165, 1.54) is 7.05 Å². The predicted octanol–water partition coefficient (Wildman–Crippen LogP) is -1.05. The molecule has 0 aromatic carbocycles. The van der Waals surface area contributed by atoms with Crippen molar-refractivity contribution in [3.8, 4) is 0 Å². The molecule has 4 N–H and O–H groups in total. The lowest BCUT2D eigenvalue weighted by Gasteiger charge is -2.12. The molecule has 0 saturated carbocycles. The highest BCUT2D eigenvalue weighted by molar-refractivity contribution is 5.96. The molecular formula is C10H20N4O3. The molecule has 0 aromatic heterocycles. The van der Waals surface area contributed by atoms with E-state index in [4.69, 9.17) is 0 Å². The molecule has 0 rings (SSSR count). The molecule has 0 heterocycles. The van der Waals surface area contributed by atoms with E-state index < -0.39 is 18.0 Å². The van der Waals surface area contributed by atoms with Gasteiger partial charge in [-0.15, -0.1) is 0 Å². The molecule has 0 fully saturated rings. The summed E-state index contributed by atoms with van der Waals surface area (Å²) in [6.07, 6.45) is 0.297. The van der Waals surface area contributed by atoms with Crippen LogP contribution < -0.4 is 21.3 Å². The zero-order chi connectivity index (χ0) is 13.3. The summed E-state index contributed by atoms with van der Waals surface area (Å²) in [6.45, 7) is 4.43. The van der Waals surface area contributed by atoms with Crippen molar-refractivity contribution in [3.05, 3.63) is 0 Å². The third-order valence-corrected chi connectivity index (χ3v) is 2.03. The van der Waals surface area contributed by atoms with Gasteiger partial charge in [0.2, 0.25) is 11.8 Å². The van der Waals surface area contributed by atoms with Crippen molar-refractivity contribution >= 4 is 17.8 Å². The van der Waals surface area contributed by atoms with Gasteiger partial charge in [0, 0.05) is 26.6 Å². The maximum absolute atomic E-state index is 11.4. The van der Waals surface area contributed by atoms with Crippen molar-refractivity contribution < 1.29 is 14.4 Å². The third-order valence-electron chi connectivity index (χ3n) is 2.03. The van der Waals surface area contributed by atoms with Gasteiger partial charge in [0.15, 0.2) is 0 Å². The molecule has 1 atom stereocenters. The lowest BCUT2D eigenvalue weighted by molar-refractivity contribution is -0.123. The van der Waals surface area contributed by atoms with Gasteiger partial charge in [0.1, 0.15) is 0 Å². The van der Waals surface area contributed by atoms with Crippen LogP contribution in [-0.2, 0) is 9.59 Å². The Hall–Kier alpha value is -1.63. The minimum absolute atomic E-state index is 0.0705. The molecule has 1 unspecified atom stereocenters. The summed E-state index contributed by atoms with van der Waals surface area (Å²) in [6, 6.07) is -1.07. The second-order valence-electron chi connectivity index (χ2n) is 3.45. The van der Waals surface area contributed by atoms with E-state index in [0.717, 1.165) is 0 Å². The molecule has 0 saturated heterocycles. The van der Waals surface area contributed by atoms with Crippen LogP contribution in [0.2, 0.25) is 0 Å². The van der Waals surface area contributed by atoms with E-state index >= 15 is 0 Å². The Labute approximate surface area is 101 Å². The van der Waals surface area contributed by atoms with Gasteiger partial charge in [0.05, 0.1) is 6.04 Å². The Balaban J connectivity index is 3.78. The summed E-state index contributed by atoms with van der Waals surface area (Å²) in [5.74, 6) is -0.501. The van der Waals surface area contributed by atoms with Gasteiger partial charge in [0.25, 0.3) is 0 Å². The van der Waals surface area contributed by atoms with Crippen LogP contribution in [0.4, 0.5) is 4.79 Å². The second-order valence-corrected chi connectivity index (χ2v) is 3.45. The molecule has 4 amide bonds. The van der Waals surface area contributed by atoms with Gasteiger partial charge in [-0.2, -0.15) is 0 Å². The molecular weight excluding hydrogens is 224 g/mol. The first-order valence-corrected chi connectivity index (χ1v) is 5.53.